The van der Waals surface area contributed by atoms with Crippen LogP contribution in [0.2, 0.25) is 0 Å². The van der Waals surface area contributed by atoms with Gasteiger partial charge >= 0.3 is 0 Å². The van der Waals surface area contributed by atoms with Gasteiger partial charge in [0.2, 0.25) is 0 Å². The van der Waals surface area contributed by atoms with E-state index in [0.717, 1.165) is 43.2 Å². The lowest BCUT2D eigenvalue weighted by Gasteiger charge is -2.16. The maximum absolute atomic E-state index is 5.60. The molecule has 0 saturated carbocycles. The van der Waals surface area contributed by atoms with Gasteiger partial charge in [0.25, 0.3) is 0 Å². The molecule has 0 N–H and O–H groups in total. The van der Waals surface area contributed by atoms with Crippen molar-refractivity contribution in [2.45, 2.75) is 0 Å². The molecule has 0 saturated heterocycles. The lowest BCUT2D eigenvalue weighted by Crippen LogP contribution is -2.00. The Balaban J connectivity index is 1.91. The molecule has 0 atom stereocenters. The minimum atomic E-state index is 0.604. The van der Waals surface area contributed by atoms with Gasteiger partial charge in [-0.25, -0.2) is 9.67 Å². The van der Waals surface area contributed by atoms with E-state index in [2.05, 4.69) is 21.0 Å². The Labute approximate surface area is 205 Å². The monoisotopic (exact) mass is 519 g/mol. The number of hydrogen-bond acceptors (Lipinski definition) is 6. The van der Waals surface area contributed by atoms with Crippen molar-refractivity contribution in [2.75, 3.05) is 28.4 Å². The van der Waals surface area contributed by atoms with Crippen LogP contribution < -0.4 is 18.9 Å². The predicted octanol–water partition coefficient (Wildman–Crippen LogP) is 6.04. The molecule has 0 radical (unpaired) electrons. The zero-order valence-corrected chi connectivity index (χ0v) is 20.7. The van der Waals surface area contributed by atoms with Gasteiger partial charge < -0.3 is 18.9 Å². The second-order valence-corrected chi connectivity index (χ2v) is 8.38. The van der Waals surface area contributed by atoms with E-state index in [1.54, 1.807) is 28.4 Å². The van der Waals surface area contributed by atoms with Crippen molar-refractivity contribution in [1.82, 2.24) is 14.8 Å². The minimum Gasteiger partial charge on any atom is -0.493 e. The van der Waals surface area contributed by atoms with Crippen molar-refractivity contribution in [2.24, 2.45) is 0 Å². The first kappa shape index (κ1) is 22.0. The summed E-state index contributed by atoms with van der Waals surface area (Å²) in [4.78, 5) is 5.11. The van der Waals surface area contributed by atoms with Crippen molar-refractivity contribution < 1.29 is 18.9 Å². The summed E-state index contributed by atoms with van der Waals surface area (Å²) >= 11 is 3.70. The third-order valence-electron chi connectivity index (χ3n) is 5.76. The SMILES string of the molecule is COc1cc(Br)c(-c2nc3c(cnn3-c3ccccc3)c3cc(OC)c(OC)cc23)cc1OC. The van der Waals surface area contributed by atoms with Gasteiger partial charge in [-0.1, -0.05) is 18.2 Å². The molecule has 0 amide bonds. The van der Waals surface area contributed by atoms with Crippen LogP contribution in [-0.2, 0) is 0 Å². The van der Waals surface area contributed by atoms with Gasteiger partial charge in [-0.2, -0.15) is 5.10 Å². The third kappa shape index (κ3) is 3.51. The second-order valence-electron chi connectivity index (χ2n) is 7.53. The summed E-state index contributed by atoms with van der Waals surface area (Å²) in [7, 11) is 6.47. The molecule has 172 valence electrons. The highest BCUT2D eigenvalue weighted by Crippen LogP contribution is 2.44. The molecule has 5 rings (SSSR count). The summed E-state index contributed by atoms with van der Waals surface area (Å²) in [5.41, 5.74) is 3.23. The van der Waals surface area contributed by atoms with Crippen LogP contribution in [0, 0.1) is 0 Å². The van der Waals surface area contributed by atoms with E-state index in [1.807, 2.05) is 65.5 Å². The number of fused-ring (bicyclic) bond motifs is 3. The van der Waals surface area contributed by atoms with Crippen LogP contribution in [-0.4, -0.2) is 43.2 Å². The largest absolute Gasteiger partial charge is 0.493 e. The Morgan fingerprint density at radius 3 is 1.94 bits per heavy atom. The molecule has 2 heterocycles. The van der Waals surface area contributed by atoms with Crippen molar-refractivity contribution in [3.63, 3.8) is 0 Å². The zero-order valence-electron chi connectivity index (χ0n) is 19.1. The number of pyridine rings is 1. The molecule has 0 bridgehead atoms. The van der Waals surface area contributed by atoms with E-state index in [1.165, 1.54) is 0 Å². The summed E-state index contributed by atoms with van der Waals surface area (Å²) in [6.45, 7) is 0. The van der Waals surface area contributed by atoms with Gasteiger partial charge in [0, 0.05) is 26.2 Å². The number of rotatable bonds is 6. The number of aromatic nitrogens is 3. The minimum absolute atomic E-state index is 0.604. The van der Waals surface area contributed by atoms with Crippen LogP contribution in [0.4, 0.5) is 0 Å². The third-order valence-corrected chi connectivity index (χ3v) is 6.42. The normalized spacial score (nSPS) is 11.1. The van der Waals surface area contributed by atoms with E-state index in [9.17, 15) is 0 Å². The molecule has 2 aromatic heterocycles. The Morgan fingerprint density at radius 2 is 1.29 bits per heavy atom. The Morgan fingerprint density at radius 1 is 0.706 bits per heavy atom. The fourth-order valence-electron chi connectivity index (χ4n) is 4.10. The summed E-state index contributed by atoms with van der Waals surface area (Å²) in [6.07, 6.45) is 1.83. The Bertz CT molecular complexity index is 1520. The summed E-state index contributed by atoms with van der Waals surface area (Å²) in [5, 5.41) is 7.40. The molecule has 8 heteroatoms. The average molecular weight is 520 g/mol. The molecule has 0 spiro atoms. The Hall–Kier alpha value is -3.78. The lowest BCUT2D eigenvalue weighted by atomic mass is 10.0. The smallest absolute Gasteiger partial charge is 0.164 e. The molecule has 0 aliphatic rings. The molecular formula is C26H22BrN3O4. The number of benzene rings is 3. The maximum atomic E-state index is 5.60. The van der Waals surface area contributed by atoms with Gasteiger partial charge in [-0.05, 0) is 52.3 Å². The molecular weight excluding hydrogens is 498 g/mol. The molecule has 0 fully saturated rings. The Kier molecular flexibility index (Phi) is 5.75. The van der Waals surface area contributed by atoms with Crippen LogP contribution in [0.3, 0.4) is 0 Å². The molecule has 7 nitrogen and oxygen atoms in total. The zero-order chi connectivity index (χ0) is 23.8. The van der Waals surface area contributed by atoms with Gasteiger partial charge in [0.05, 0.1) is 46.0 Å². The van der Waals surface area contributed by atoms with Crippen molar-refractivity contribution >= 4 is 37.7 Å². The van der Waals surface area contributed by atoms with E-state index in [0.29, 0.717) is 23.0 Å². The highest BCUT2D eigenvalue weighted by atomic mass is 79.9. The highest BCUT2D eigenvalue weighted by Gasteiger charge is 2.21. The van der Waals surface area contributed by atoms with Gasteiger partial charge in [0.1, 0.15) is 0 Å². The van der Waals surface area contributed by atoms with Crippen LogP contribution >= 0.6 is 15.9 Å². The highest BCUT2D eigenvalue weighted by molar-refractivity contribution is 9.10. The van der Waals surface area contributed by atoms with Crippen LogP contribution in [0.1, 0.15) is 0 Å². The van der Waals surface area contributed by atoms with E-state index >= 15 is 0 Å². The first-order valence-electron chi connectivity index (χ1n) is 10.5. The van der Waals surface area contributed by atoms with Crippen molar-refractivity contribution in [3.8, 4) is 39.9 Å². The molecule has 0 aliphatic carbocycles. The topological polar surface area (TPSA) is 67.6 Å². The van der Waals surface area contributed by atoms with Gasteiger partial charge in [-0.15, -0.1) is 0 Å². The van der Waals surface area contributed by atoms with Crippen LogP contribution in [0.25, 0.3) is 38.8 Å². The van der Waals surface area contributed by atoms with Gasteiger partial charge in [-0.3, -0.25) is 0 Å². The molecule has 34 heavy (non-hydrogen) atoms. The van der Waals surface area contributed by atoms with Crippen molar-refractivity contribution in [1.29, 1.82) is 0 Å². The summed E-state index contributed by atoms with van der Waals surface area (Å²) < 4.78 is 24.9. The van der Waals surface area contributed by atoms with E-state index in [4.69, 9.17) is 23.9 Å². The molecule has 0 aliphatic heterocycles. The molecule has 0 unspecified atom stereocenters. The number of para-hydroxylation sites is 1. The fraction of sp³-hybridized carbons (Fsp3) is 0.154. The van der Waals surface area contributed by atoms with Crippen LogP contribution in [0.15, 0.2) is 65.3 Å². The summed E-state index contributed by atoms with van der Waals surface area (Å²) in [6, 6.07) is 17.6. The van der Waals surface area contributed by atoms with Gasteiger partial charge in [0.15, 0.2) is 28.6 Å². The first-order valence-corrected chi connectivity index (χ1v) is 11.3. The van der Waals surface area contributed by atoms with E-state index in [-0.39, 0.29) is 0 Å². The summed E-state index contributed by atoms with van der Waals surface area (Å²) in [5.74, 6) is 2.47. The van der Waals surface area contributed by atoms with Crippen LogP contribution in [0.5, 0.6) is 23.0 Å². The van der Waals surface area contributed by atoms with E-state index < -0.39 is 0 Å². The lowest BCUT2D eigenvalue weighted by molar-refractivity contribution is 0.355. The molecule has 3 aromatic carbocycles. The number of nitrogens with zero attached hydrogens (tertiary/aromatic N) is 3. The maximum Gasteiger partial charge on any atom is 0.164 e. The quantitative estimate of drug-likeness (QED) is 0.272. The number of methoxy groups -OCH3 is 4. The second kappa shape index (κ2) is 8.87. The predicted molar refractivity (Wildman–Crippen MR) is 136 cm³/mol. The first-order chi connectivity index (χ1) is 16.6. The fourth-order valence-corrected chi connectivity index (χ4v) is 4.61. The average Bonchev–Trinajstić information content (AvgIpc) is 3.31. The number of ether oxygens (including phenoxy) is 4. The molecule has 5 aromatic rings. The standard InChI is InChI=1S/C26H22BrN3O4/c1-31-21-10-16-17(11-22(21)32-2)25(18-12-23(33-3)24(34-4)13-20(18)27)29-26-19(16)14-28-30(26)15-8-6-5-7-9-15/h5-14H,1-4H3. The van der Waals surface area contributed by atoms with Crippen molar-refractivity contribution in [3.05, 3.63) is 65.3 Å². The number of hydrogen-bond donors (Lipinski definition) is 0. The number of halogens is 1.